The van der Waals surface area contributed by atoms with E-state index in [-0.39, 0.29) is 0 Å². The Labute approximate surface area is 79.2 Å². The average molecular weight is 199 g/mol. The van der Waals surface area contributed by atoms with Crippen LogP contribution in [-0.2, 0) is 0 Å². The number of fused-ring (bicyclic) bond motifs is 1. The van der Waals surface area contributed by atoms with Gasteiger partial charge in [-0.25, -0.2) is 9.97 Å². The van der Waals surface area contributed by atoms with Gasteiger partial charge in [-0.2, -0.15) is 0 Å². The maximum atomic E-state index is 5.89. The van der Waals surface area contributed by atoms with Crippen molar-refractivity contribution < 1.29 is 0 Å². The Morgan fingerprint density at radius 2 is 2.00 bits per heavy atom. The van der Waals surface area contributed by atoms with Crippen molar-refractivity contribution in [3.63, 3.8) is 0 Å². The minimum atomic E-state index is 0.555. The minimum absolute atomic E-state index is 0.555. The summed E-state index contributed by atoms with van der Waals surface area (Å²) in [4.78, 5) is 7.89. The molecule has 0 aliphatic carbocycles. The molecular weight excluding hydrogens is 195 g/mol. The highest BCUT2D eigenvalue weighted by atomic mass is 35.5. The number of benzene rings is 1. The number of hydrogen-bond acceptors (Lipinski definition) is 2. The van der Waals surface area contributed by atoms with Gasteiger partial charge in [0.1, 0.15) is 6.33 Å². The molecule has 0 unspecified atom stereocenters. The summed E-state index contributed by atoms with van der Waals surface area (Å²) >= 11 is 11.7. The van der Waals surface area contributed by atoms with E-state index in [0.29, 0.717) is 10.0 Å². The molecule has 0 saturated carbocycles. The van der Waals surface area contributed by atoms with E-state index in [4.69, 9.17) is 23.2 Å². The van der Waals surface area contributed by atoms with Gasteiger partial charge in [-0.3, -0.25) is 0 Å². The van der Waals surface area contributed by atoms with Gasteiger partial charge in [0, 0.05) is 16.6 Å². The zero-order valence-corrected chi connectivity index (χ0v) is 7.47. The highest BCUT2D eigenvalue weighted by molar-refractivity contribution is 6.38. The summed E-state index contributed by atoms with van der Waals surface area (Å²) in [6.07, 6.45) is 3.14. The first kappa shape index (κ1) is 7.77. The van der Waals surface area contributed by atoms with Crippen LogP contribution in [0.4, 0.5) is 0 Å². The Hall–Kier alpha value is -0.860. The minimum Gasteiger partial charge on any atom is -0.244 e. The van der Waals surface area contributed by atoms with Crippen LogP contribution >= 0.6 is 23.2 Å². The Bertz CT molecular complexity index is 428. The molecule has 0 bridgehead atoms. The van der Waals surface area contributed by atoms with E-state index in [2.05, 4.69) is 9.97 Å². The van der Waals surface area contributed by atoms with Crippen LogP contribution in [0.5, 0.6) is 0 Å². The molecule has 2 rings (SSSR count). The summed E-state index contributed by atoms with van der Waals surface area (Å²) in [6, 6.07) is 3.45. The van der Waals surface area contributed by atoms with Crippen LogP contribution in [0.25, 0.3) is 10.9 Å². The van der Waals surface area contributed by atoms with E-state index in [1.165, 1.54) is 6.33 Å². The fraction of sp³-hybridized carbons (Fsp3) is 0. The first-order valence-corrected chi connectivity index (χ1v) is 4.08. The van der Waals surface area contributed by atoms with Crippen LogP contribution in [0, 0.1) is 0 Å². The molecule has 0 aliphatic rings. The Balaban J connectivity index is 2.89. The van der Waals surface area contributed by atoms with Crippen LogP contribution in [0.1, 0.15) is 0 Å². The van der Waals surface area contributed by atoms with Crippen molar-refractivity contribution in [1.29, 1.82) is 0 Å². The fourth-order valence-electron chi connectivity index (χ4n) is 1.03. The molecule has 0 spiro atoms. The summed E-state index contributed by atoms with van der Waals surface area (Å²) < 4.78 is 0. The Kier molecular flexibility index (Phi) is 1.87. The van der Waals surface area contributed by atoms with Gasteiger partial charge < -0.3 is 0 Å². The first-order valence-electron chi connectivity index (χ1n) is 3.32. The second kappa shape index (κ2) is 2.88. The van der Waals surface area contributed by atoms with Crippen LogP contribution in [-0.4, -0.2) is 9.97 Å². The lowest BCUT2D eigenvalue weighted by atomic mass is 10.2. The highest BCUT2D eigenvalue weighted by Crippen LogP contribution is 2.24. The third-order valence-electron chi connectivity index (χ3n) is 1.52. The van der Waals surface area contributed by atoms with Crippen molar-refractivity contribution in [2.75, 3.05) is 0 Å². The Morgan fingerprint density at radius 3 is 2.83 bits per heavy atom. The van der Waals surface area contributed by atoms with E-state index in [9.17, 15) is 0 Å². The molecule has 1 aromatic heterocycles. The number of hydrogen-bond donors (Lipinski definition) is 0. The molecule has 1 heterocycles. The monoisotopic (exact) mass is 198 g/mol. The zero-order chi connectivity index (χ0) is 8.55. The number of halogens is 2. The second-order valence-electron chi connectivity index (χ2n) is 2.35. The number of aromatic nitrogens is 2. The van der Waals surface area contributed by atoms with Gasteiger partial charge in [0.05, 0.1) is 10.5 Å². The summed E-state index contributed by atoms with van der Waals surface area (Å²) in [5.74, 6) is 0. The second-order valence-corrected chi connectivity index (χ2v) is 3.19. The lowest BCUT2D eigenvalue weighted by Gasteiger charge is -1.98. The molecule has 2 nitrogen and oxygen atoms in total. The summed E-state index contributed by atoms with van der Waals surface area (Å²) in [5.41, 5.74) is 0.732. The standard InChI is InChI=1S/C8H4Cl2N2/c9-6-1-5-3-11-4-12-8(5)7(10)2-6/h1-4H. The van der Waals surface area contributed by atoms with Crippen molar-refractivity contribution in [2.45, 2.75) is 0 Å². The van der Waals surface area contributed by atoms with E-state index in [0.717, 1.165) is 10.9 Å². The van der Waals surface area contributed by atoms with Gasteiger partial charge in [0.25, 0.3) is 0 Å². The zero-order valence-electron chi connectivity index (χ0n) is 5.96. The van der Waals surface area contributed by atoms with Gasteiger partial charge in [-0.1, -0.05) is 23.2 Å². The normalized spacial score (nSPS) is 10.5. The maximum absolute atomic E-state index is 5.89. The molecule has 60 valence electrons. The van der Waals surface area contributed by atoms with Crippen molar-refractivity contribution in [1.82, 2.24) is 9.97 Å². The van der Waals surface area contributed by atoms with Crippen LogP contribution in [0.15, 0.2) is 24.7 Å². The molecule has 0 N–H and O–H groups in total. The molecule has 12 heavy (non-hydrogen) atoms. The maximum Gasteiger partial charge on any atom is 0.116 e. The van der Waals surface area contributed by atoms with Gasteiger partial charge in [-0.15, -0.1) is 0 Å². The quantitative estimate of drug-likeness (QED) is 0.651. The molecule has 2 aromatic rings. The van der Waals surface area contributed by atoms with Gasteiger partial charge in [0.2, 0.25) is 0 Å². The van der Waals surface area contributed by atoms with Crippen molar-refractivity contribution in [2.24, 2.45) is 0 Å². The first-order chi connectivity index (χ1) is 5.77. The molecule has 4 heteroatoms. The predicted octanol–water partition coefficient (Wildman–Crippen LogP) is 2.94. The van der Waals surface area contributed by atoms with Gasteiger partial charge in [0.15, 0.2) is 0 Å². The SMILES string of the molecule is Clc1cc(Cl)c2ncncc2c1. The molecular formula is C8H4Cl2N2. The lowest BCUT2D eigenvalue weighted by molar-refractivity contribution is 1.22. The molecule has 0 radical (unpaired) electrons. The molecule has 0 fully saturated rings. The molecule has 0 saturated heterocycles. The number of nitrogens with zero attached hydrogens (tertiary/aromatic N) is 2. The van der Waals surface area contributed by atoms with Crippen molar-refractivity contribution in [3.05, 3.63) is 34.7 Å². The average Bonchev–Trinajstić information content (AvgIpc) is 2.04. The highest BCUT2D eigenvalue weighted by Gasteiger charge is 2.00. The number of rotatable bonds is 0. The molecule has 0 atom stereocenters. The summed E-state index contributed by atoms with van der Waals surface area (Å²) in [7, 11) is 0. The van der Waals surface area contributed by atoms with Gasteiger partial charge in [-0.05, 0) is 12.1 Å². The van der Waals surface area contributed by atoms with Gasteiger partial charge >= 0.3 is 0 Å². The van der Waals surface area contributed by atoms with Crippen LogP contribution in [0.3, 0.4) is 0 Å². The molecule has 0 aliphatic heterocycles. The largest absolute Gasteiger partial charge is 0.244 e. The Morgan fingerprint density at radius 1 is 1.17 bits per heavy atom. The van der Waals surface area contributed by atoms with Crippen LogP contribution in [0.2, 0.25) is 10.0 Å². The predicted molar refractivity (Wildman–Crippen MR) is 49.6 cm³/mol. The smallest absolute Gasteiger partial charge is 0.116 e. The van der Waals surface area contributed by atoms with Crippen molar-refractivity contribution in [3.8, 4) is 0 Å². The molecule has 1 aromatic carbocycles. The lowest BCUT2D eigenvalue weighted by Crippen LogP contribution is -1.81. The third-order valence-corrected chi connectivity index (χ3v) is 2.03. The summed E-state index contributed by atoms with van der Waals surface area (Å²) in [6.45, 7) is 0. The van der Waals surface area contributed by atoms with E-state index >= 15 is 0 Å². The summed E-state index contributed by atoms with van der Waals surface area (Å²) in [5, 5.41) is 2.01. The van der Waals surface area contributed by atoms with E-state index in [1.54, 1.807) is 18.3 Å². The van der Waals surface area contributed by atoms with Crippen molar-refractivity contribution >= 4 is 34.1 Å². The van der Waals surface area contributed by atoms with Crippen LogP contribution < -0.4 is 0 Å². The molecule has 0 amide bonds. The van der Waals surface area contributed by atoms with E-state index in [1.807, 2.05) is 0 Å². The topological polar surface area (TPSA) is 25.8 Å². The third kappa shape index (κ3) is 1.24. The van der Waals surface area contributed by atoms with E-state index < -0.39 is 0 Å². The fourth-order valence-corrected chi connectivity index (χ4v) is 1.58.